The van der Waals surface area contributed by atoms with Gasteiger partial charge in [-0.1, -0.05) is 18.2 Å². The number of carbonyl (C=O) groups is 2. The highest BCUT2D eigenvalue weighted by Gasteiger charge is 2.38. The van der Waals surface area contributed by atoms with Gasteiger partial charge in [0.25, 0.3) is 0 Å². The van der Waals surface area contributed by atoms with Gasteiger partial charge in [0, 0.05) is 13.0 Å². The van der Waals surface area contributed by atoms with E-state index in [1.165, 1.54) is 4.90 Å². The molecule has 0 saturated carbocycles. The lowest BCUT2D eigenvalue weighted by molar-refractivity contribution is -0.148. The van der Waals surface area contributed by atoms with Gasteiger partial charge in [-0.25, -0.2) is 4.79 Å². The molecule has 0 radical (unpaired) electrons. The van der Waals surface area contributed by atoms with E-state index in [0.717, 1.165) is 5.56 Å². The van der Waals surface area contributed by atoms with Crippen molar-refractivity contribution in [1.82, 2.24) is 4.90 Å². The van der Waals surface area contributed by atoms with Crippen LogP contribution in [0, 0.1) is 6.92 Å². The number of likely N-dealkylation sites (tertiary alicyclic amines) is 1. The number of aliphatic carboxylic acids is 1. The minimum atomic E-state index is -1.08. The fourth-order valence-corrected chi connectivity index (χ4v) is 2.43. The lowest BCUT2D eigenvalue weighted by atomic mass is 10.2. The molecule has 0 aliphatic carbocycles. The van der Waals surface area contributed by atoms with Crippen LogP contribution in [0.5, 0.6) is 5.75 Å². The first-order valence-electron chi connectivity index (χ1n) is 6.88. The smallest absolute Gasteiger partial charge is 0.326 e. The molecule has 114 valence electrons. The third-order valence-electron chi connectivity index (χ3n) is 3.55. The number of benzene rings is 1. The van der Waals surface area contributed by atoms with Crippen LogP contribution in [-0.2, 0) is 9.59 Å². The number of hydrogen-bond donors (Lipinski definition) is 2. The molecule has 1 amide bonds. The molecule has 2 N–H and O–H groups in total. The van der Waals surface area contributed by atoms with E-state index >= 15 is 0 Å². The highest BCUT2D eigenvalue weighted by atomic mass is 16.5. The molecule has 1 aliphatic rings. The quantitative estimate of drug-likeness (QED) is 0.839. The second kappa shape index (κ2) is 6.58. The molecule has 21 heavy (non-hydrogen) atoms. The van der Waals surface area contributed by atoms with Crippen LogP contribution in [0.2, 0.25) is 0 Å². The van der Waals surface area contributed by atoms with E-state index in [9.17, 15) is 14.7 Å². The Hall–Kier alpha value is -2.08. The van der Waals surface area contributed by atoms with Crippen LogP contribution in [0.1, 0.15) is 18.4 Å². The predicted octanol–water partition coefficient (Wildman–Crippen LogP) is 0.810. The Morgan fingerprint density at radius 2 is 2.10 bits per heavy atom. The fraction of sp³-hybridized carbons (Fsp3) is 0.467. The number of nitrogens with zero attached hydrogens (tertiary/aromatic N) is 1. The Kier molecular flexibility index (Phi) is 4.80. The molecule has 2 rings (SSSR count). The normalized spacial score (nSPS) is 21.3. The minimum absolute atomic E-state index is 0.0696. The third kappa shape index (κ3) is 3.72. The molecule has 0 bridgehead atoms. The average molecular weight is 293 g/mol. The van der Waals surface area contributed by atoms with Gasteiger partial charge in [-0.05, 0) is 18.6 Å². The van der Waals surface area contributed by atoms with Gasteiger partial charge < -0.3 is 19.8 Å². The van der Waals surface area contributed by atoms with Crippen LogP contribution in [0.3, 0.4) is 0 Å². The first-order chi connectivity index (χ1) is 9.99. The maximum atomic E-state index is 12.1. The van der Waals surface area contributed by atoms with Crippen molar-refractivity contribution >= 4 is 11.9 Å². The van der Waals surface area contributed by atoms with E-state index in [2.05, 4.69) is 0 Å². The summed E-state index contributed by atoms with van der Waals surface area (Å²) in [6.45, 7) is 2.16. The van der Waals surface area contributed by atoms with E-state index in [4.69, 9.17) is 9.84 Å². The maximum absolute atomic E-state index is 12.1. The van der Waals surface area contributed by atoms with Gasteiger partial charge in [0.1, 0.15) is 11.8 Å². The first-order valence-corrected chi connectivity index (χ1v) is 6.88. The third-order valence-corrected chi connectivity index (χ3v) is 3.55. The summed E-state index contributed by atoms with van der Waals surface area (Å²) in [5.74, 6) is -0.686. The second-order valence-corrected chi connectivity index (χ2v) is 5.15. The fourth-order valence-electron chi connectivity index (χ4n) is 2.43. The molecule has 1 aromatic rings. The van der Waals surface area contributed by atoms with Crippen LogP contribution in [-0.4, -0.2) is 52.3 Å². The van der Waals surface area contributed by atoms with Crippen LogP contribution >= 0.6 is 0 Å². The summed E-state index contributed by atoms with van der Waals surface area (Å²) in [5.41, 5.74) is 0.977. The number of rotatable bonds is 5. The molecule has 0 unspecified atom stereocenters. The summed E-state index contributed by atoms with van der Waals surface area (Å²) < 4.78 is 5.53. The standard InChI is InChI=1S/C15H19NO5/c1-10-4-2-3-5-13(10)21-7-6-14(18)16-9-11(17)8-12(16)15(19)20/h2-5,11-12,17H,6-9H2,1H3,(H,19,20)/t11-,12-/m1/s1. The molecule has 0 aromatic heterocycles. The lowest BCUT2D eigenvalue weighted by Crippen LogP contribution is -2.41. The molecule has 2 atom stereocenters. The Morgan fingerprint density at radius 1 is 1.38 bits per heavy atom. The Bertz CT molecular complexity index is 531. The molecule has 6 nitrogen and oxygen atoms in total. The van der Waals surface area contributed by atoms with Crippen molar-refractivity contribution in [3.63, 3.8) is 0 Å². The van der Waals surface area contributed by atoms with Crippen LogP contribution in [0.4, 0.5) is 0 Å². The number of carboxylic acid groups (broad SMARTS) is 1. The molecule has 1 heterocycles. The van der Waals surface area contributed by atoms with E-state index in [-0.39, 0.29) is 31.9 Å². The molecule has 6 heteroatoms. The summed E-state index contributed by atoms with van der Waals surface area (Å²) in [5, 5.41) is 18.6. The summed E-state index contributed by atoms with van der Waals surface area (Å²) in [6, 6.07) is 6.54. The summed E-state index contributed by atoms with van der Waals surface area (Å²) in [4.78, 5) is 24.3. The molecule has 1 aromatic carbocycles. The van der Waals surface area contributed by atoms with E-state index in [1.807, 2.05) is 31.2 Å². The number of para-hydroxylation sites is 1. The van der Waals surface area contributed by atoms with Gasteiger partial charge in [0.05, 0.1) is 19.1 Å². The number of carboxylic acids is 1. The summed E-state index contributed by atoms with van der Waals surface area (Å²) in [7, 11) is 0. The molecule has 1 aliphatic heterocycles. The largest absolute Gasteiger partial charge is 0.493 e. The Morgan fingerprint density at radius 3 is 2.76 bits per heavy atom. The van der Waals surface area contributed by atoms with Crippen LogP contribution in [0.25, 0.3) is 0 Å². The van der Waals surface area contributed by atoms with Crippen molar-refractivity contribution in [2.24, 2.45) is 0 Å². The van der Waals surface area contributed by atoms with Crippen LogP contribution < -0.4 is 4.74 Å². The molecule has 0 spiro atoms. The molecular weight excluding hydrogens is 274 g/mol. The van der Waals surface area contributed by atoms with Crippen molar-refractivity contribution in [2.75, 3.05) is 13.2 Å². The number of ether oxygens (including phenoxy) is 1. The topological polar surface area (TPSA) is 87.1 Å². The number of hydrogen-bond acceptors (Lipinski definition) is 4. The Labute approximate surface area is 122 Å². The zero-order valence-corrected chi connectivity index (χ0v) is 11.9. The van der Waals surface area contributed by atoms with Crippen molar-refractivity contribution in [2.45, 2.75) is 31.9 Å². The van der Waals surface area contributed by atoms with E-state index < -0.39 is 18.1 Å². The van der Waals surface area contributed by atoms with Crippen molar-refractivity contribution in [3.8, 4) is 5.75 Å². The monoisotopic (exact) mass is 293 g/mol. The minimum Gasteiger partial charge on any atom is -0.493 e. The van der Waals surface area contributed by atoms with Gasteiger partial charge in [-0.3, -0.25) is 4.79 Å². The number of amides is 1. The van der Waals surface area contributed by atoms with Gasteiger partial charge >= 0.3 is 5.97 Å². The van der Waals surface area contributed by atoms with E-state index in [0.29, 0.717) is 5.75 Å². The number of β-amino-alcohol motifs (C(OH)–C–C–N with tert-alkyl or cyclic N) is 1. The lowest BCUT2D eigenvalue weighted by Gasteiger charge is -2.21. The summed E-state index contributed by atoms with van der Waals surface area (Å²) >= 11 is 0. The van der Waals surface area contributed by atoms with Gasteiger partial charge in [0.15, 0.2) is 0 Å². The van der Waals surface area contributed by atoms with Crippen LogP contribution in [0.15, 0.2) is 24.3 Å². The van der Waals surface area contributed by atoms with Crippen molar-refractivity contribution in [3.05, 3.63) is 29.8 Å². The second-order valence-electron chi connectivity index (χ2n) is 5.15. The SMILES string of the molecule is Cc1ccccc1OCCC(=O)N1C[C@H](O)C[C@@H]1C(=O)O. The molecule has 1 saturated heterocycles. The predicted molar refractivity (Wildman–Crippen MR) is 75.1 cm³/mol. The molecule has 1 fully saturated rings. The first kappa shape index (κ1) is 15.3. The van der Waals surface area contributed by atoms with Crippen molar-refractivity contribution < 1.29 is 24.5 Å². The zero-order chi connectivity index (χ0) is 15.4. The van der Waals surface area contributed by atoms with Crippen molar-refractivity contribution in [1.29, 1.82) is 0 Å². The number of aryl methyl sites for hydroxylation is 1. The Balaban J connectivity index is 1.87. The average Bonchev–Trinajstić information content (AvgIpc) is 2.83. The highest BCUT2D eigenvalue weighted by Crippen LogP contribution is 2.20. The molecular formula is C15H19NO5. The maximum Gasteiger partial charge on any atom is 0.326 e. The van der Waals surface area contributed by atoms with Gasteiger partial charge in [-0.2, -0.15) is 0 Å². The number of aliphatic hydroxyl groups excluding tert-OH is 1. The highest BCUT2D eigenvalue weighted by molar-refractivity contribution is 5.84. The summed E-state index contributed by atoms with van der Waals surface area (Å²) in [6.07, 6.45) is -0.600. The number of carbonyl (C=O) groups excluding carboxylic acids is 1. The zero-order valence-electron chi connectivity index (χ0n) is 11.9. The van der Waals surface area contributed by atoms with E-state index in [1.54, 1.807) is 0 Å². The van der Waals surface area contributed by atoms with Gasteiger partial charge in [-0.15, -0.1) is 0 Å². The number of aliphatic hydroxyl groups is 1. The van der Waals surface area contributed by atoms with Gasteiger partial charge in [0.2, 0.25) is 5.91 Å².